The van der Waals surface area contributed by atoms with Gasteiger partial charge in [0.05, 0.1) is 23.8 Å². The summed E-state index contributed by atoms with van der Waals surface area (Å²) >= 11 is 0. The molecule has 0 aliphatic heterocycles. The fraction of sp³-hybridized carbons (Fsp3) is 0.333. The van der Waals surface area contributed by atoms with Gasteiger partial charge in [-0.15, -0.1) is 0 Å². The van der Waals surface area contributed by atoms with Crippen molar-refractivity contribution in [1.29, 1.82) is 0 Å². The first-order valence-corrected chi connectivity index (χ1v) is 5.55. The van der Waals surface area contributed by atoms with Crippen molar-refractivity contribution in [2.75, 3.05) is 24.2 Å². The minimum absolute atomic E-state index is 0.709. The molecular formula is C12H17N5. The number of nitrogens with two attached hydrogens (primary N) is 1. The average Bonchev–Trinajstić information content (AvgIpc) is 2.73. The molecule has 0 radical (unpaired) electrons. The zero-order valence-electron chi connectivity index (χ0n) is 10.2. The van der Waals surface area contributed by atoms with Crippen LogP contribution in [0.25, 0.3) is 0 Å². The Balaban J connectivity index is 1.98. The molecule has 0 spiro atoms. The molecule has 0 bridgehead atoms. The number of nitrogen functional groups attached to an aromatic ring is 1. The van der Waals surface area contributed by atoms with Crippen LogP contribution >= 0.6 is 0 Å². The summed E-state index contributed by atoms with van der Waals surface area (Å²) in [5, 5.41) is 4.15. The largest absolute Gasteiger partial charge is 0.396 e. The van der Waals surface area contributed by atoms with Crippen molar-refractivity contribution in [1.82, 2.24) is 14.8 Å². The van der Waals surface area contributed by atoms with Gasteiger partial charge in [-0.05, 0) is 18.1 Å². The van der Waals surface area contributed by atoms with Gasteiger partial charge in [-0.3, -0.25) is 9.67 Å². The maximum Gasteiger partial charge on any atom is 0.0738 e. The smallest absolute Gasteiger partial charge is 0.0738 e. The summed E-state index contributed by atoms with van der Waals surface area (Å²) in [5.74, 6) is 0. The Kier molecular flexibility index (Phi) is 3.27. The Morgan fingerprint density at radius 3 is 2.88 bits per heavy atom. The number of nitrogens with zero attached hydrogens (tertiary/aromatic N) is 4. The lowest BCUT2D eigenvalue weighted by Crippen LogP contribution is -2.21. The van der Waals surface area contributed by atoms with Gasteiger partial charge in [-0.2, -0.15) is 5.10 Å². The van der Waals surface area contributed by atoms with E-state index in [0.29, 0.717) is 5.69 Å². The van der Waals surface area contributed by atoms with Crippen LogP contribution in [0.4, 0.5) is 11.4 Å². The third kappa shape index (κ3) is 2.75. The molecule has 2 aromatic heterocycles. The van der Waals surface area contributed by atoms with Gasteiger partial charge in [0.25, 0.3) is 0 Å². The summed E-state index contributed by atoms with van der Waals surface area (Å²) < 4.78 is 1.82. The minimum Gasteiger partial charge on any atom is -0.396 e. The number of pyridine rings is 1. The van der Waals surface area contributed by atoms with Gasteiger partial charge in [0.15, 0.2) is 0 Å². The Morgan fingerprint density at radius 1 is 1.41 bits per heavy atom. The van der Waals surface area contributed by atoms with Crippen LogP contribution in [-0.2, 0) is 13.5 Å². The number of aryl methyl sites for hydroxylation is 1. The van der Waals surface area contributed by atoms with Crippen molar-refractivity contribution in [3.05, 3.63) is 36.4 Å². The predicted molar refractivity (Wildman–Crippen MR) is 68.8 cm³/mol. The van der Waals surface area contributed by atoms with E-state index in [-0.39, 0.29) is 0 Å². The summed E-state index contributed by atoms with van der Waals surface area (Å²) in [6, 6.07) is 1.93. The molecule has 17 heavy (non-hydrogen) atoms. The van der Waals surface area contributed by atoms with Crippen molar-refractivity contribution in [2.45, 2.75) is 6.42 Å². The number of hydrogen-bond acceptors (Lipinski definition) is 4. The number of aromatic nitrogens is 3. The van der Waals surface area contributed by atoms with Gasteiger partial charge in [0, 0.05) is 33.0 Å². The highest BCUT2D eigenvalue weighted by Gasteiger charge is 2.05. The molecule has 90 valence electrons. The van der Waals surface area contributed by atoms with E-state index < -0.39 is 0 Å². The molecule has 0 aliphatic carbocycles. The molecule has 0 saturated carbocycles. The zero-order valence-corrected chi connectivity index (χ0v) is 10.2. The van der Waals surface area contributed by atoms with Crippen molar-refractivity contribution in [3.63, 3.8) is 0 Å². The highest BCUT2D eigenvalue weighted by Crippen LogP contribution is 2.19. The SMILES string of the molecule is CN(CCc1cnn(C)c1)c1ccncc1N. The summed E-state index contributed by atoms with van der Waals surface area (Å²) in [7, 11) is 3.95. The first-order valence-electron chi connectivity index (χ1n) is 5.55. The van der Waals surface area contributed by atoms with E-state index in [9.17, 15) is 0 Å². The first kappa shape index (κ1) is 11.4. The molecule has 2 rings (SSSR count). The van der Waals surface area contributed by atoms with Gasteiger partial charge in [0.2, 0.25) is 0 Å². The predicted octanol–water partition coefficient (Wildman–Crippen LogP) is 1.08. The highest BCUT2D eigenvalue weighted by atomic mass is 15.2. The normalized spacial score (nSPS) is 10.5. The molecule has 2 N–H and O–H groups in total. The van der Waals surface area contributed by atoms with Crippen LogP contribution < -0.4 is 10.6 Å². The molecule has 0 saturated heterocycles. The van der Waals surface area contributed by atoms with Crippen LogP contribution in [0.15, 0.2) is 30.9 Å². The lowest BCUT2D eigenvalue weighted by molar-refractivity contribution is 0.766. The fourth-order valence-corrected chi connectivity index (χ4v) is 1.77. The number of hydrogen-bond donors (Lipinski definition) is 1. The lowest BCUT2D eigenvalue weighted by Gasteiger charge is -2.20. The second kappa shape index (κ2) is 4.86. The second-order valence-corrected chi connectivity index (χ2v) is 4.13. The van der Waals surface area contributed by atoms with Crippen LogP contribution in [-0.4, -0.2) is 28.4 Å². The molecule has 0 amide bonds. The molecule has 0 aliphatic rings. The van der Waals surface area contributed by atoms with Gasteiger partial charge in [-0.1, -0.05) is 0 Å². The maximum absolute atomic E-state index is 5.87. The van der Waals surface area contributed by atoms with Crippen LogP contribution in [0.1, 0.15) is 5.56 Å². The fourth-order valence-electron chi connectivity index (χ4n) is 1.77. The van der Waals surface area contributed by atoms with Gasteiger partial charge in [0.1, 0.15) is 0 Å². The molecule has 0 aromatic carbocycles. The van der Waals surface area contributed by atoms with E-state index in [1.165, 1.54) is 5.56 Å². The summed E-state index contributed by atoms with van der Waals surface area (Å²) in [5.41, 5.74) is 8.83. The lowest BCUT2D eigenvalue weighted by atomic mass is 10.2. The Morgan fingerprint density at radius 2 is 2.24 bits per heavy atom. The second-order valence-electron chi connectivity index (χ2n) is 4.13. The van der Waals surface area contributed by atoms with Crippen molar-refractivity contribution in [2.24, 2.45) is 7.05 Å². The van der Waals surface area contributed by atoms with E-state index in [2.05, 4.69) is 15.0 Å². The van der Waals surface area contributed by atoms with Gasteiger partial charge in [-0.25, -0.2) is 0 Å². The molecule has 5 nitrogen and oxygen atoms in total. The van der Waals surface area contributed by atoms with Gasteiger partial charge < -0.3 is 10.6 Å². The molecule has 0 fully saturated rings. The van der Waals surface area contributed by atoms with Crippen LogP contribution in [0.3, 0.4) is 0 Å². The molecule has 0 unspecified atom stereocenters. The van der Waals surface area contributed by atoms with Crippen molar-refractivity contribution >= 4 is 11.4 Å². The highest BCUT2D eigenvalue weighted by molar-refractivity contribution is 5.65. The zero-order chi connectivity index (χ0) is 12.3. The van der Waals surface area contributed by atoms with Crippen molar-refractivity contribution < 1.29 is 0 Å². The van der Waals surface area contributed by atoms with Gasteiger partial charge >= 0.3 is 0 Å². The monoisotopic (exact) mass is 231 g/mol. The topological polar surface area (TPSA) is 60.0 Å². The molecular weight excluding hydrogens is 214 g/mol. The number of rotatable bonds is 4. The van der Waals surface area contributed by atoms with E-state index in [1.807, 2.05) is 37.2 Å². The van der Waals surface area contributed by atoms with Crippen LogP contribution in [0.2, 0.25) is 0 Å². The number of likely N-dealkylation sites (N-methyl/N-ethyl adjacent to an activating group) is 1. The first-order chi connectivity index (χ1) is 8.16. The van der Waals surface area contributed by atoms with E-state index in [1.54, 1.807) is 12.4 Å². The summed E-state index contributed by atoms with van der Waals surface area (Å²) in [4.78, 5) is 6.11. The average molecular weight is 231 g/mol. The standard InChI is InChI=1S/C12H17N5/c1-16(12-3-5-14-8-11(12)13)6-4-10-7-15-17(2)9-10/h3,5,7-9H,4,6,13H2,1-2H3. The van der Waals surface area contributed by atoms with Crippen molar-refractivity contribution in [3.8, 4) is 0 Å². The minimum atomic E-state index is 0.709. The van der Waals surface area contributed by atoms with Crippen LogP contribution in [0, 0.1) is 0 Å². The molecule has 2 heterocycles. The summed E-state index contributed by atoms with van der Waals surface area (Å²) in [6.07, 6.45) is 8.31. The summed E-state index contributed by atoms with van der Waals surface area (Å²) in [6.45, 7) is 0.903. The third-order valence-corrected chi connectivity index (χ3v) is 2.73. The van der Waals surface area contributed by atoms with E-state index in [4.69, 9.17) is 5.73 Å². The Hall–Kier alpha value is -2.04. The number of anilines is 2. The molecule has 5 heteroatoms. The molecule has 0 atom stereocenters. The van der Waals surface area contributed by atoms with E-state index >= 15 is 0 Å². The van der Waals surface area contributed by atoms with E-state index in [0.717, 1.165) is 18.7 Å². The maximum atomic E-state index is 5.87. The third-order valence-electron chi connectivity index (χ3n) is 2.73. The Bertz CT molecular complexity index is 491. The quantitative estimate of drug-likeness (QED) is 0.855. The van der Waals surface area contributed by atoms with Crippen LogP contribution in [0.5, 0.6) is 0 Å². The Labute approximate surface area is 101 Å². The molecule has 2 aromatic rings.